The average Bonchev–Trinajstić information content (AvgIpc) is 2.79. The molecule has 1 aliphatic heterocycles. The van der Waals surface area contributed by atoms with Crippen molar-refractivity contribution in [3.05, 3.63) is 54.1 Å². The van der Waals surface area contributed by atoms with E-state index in [2.05, 4.69) is 24.5 Å². The van der Waals surface area contributed by atoms with Crippen LogP contribution in [0.2, 0.25) is 0 Å². The third kappa shape index (κ3) is 7.31. The molecule has 0 atom stereocenters. The van der Waals surface area contributed by atoms with E-state index < -0.39 is 0 Å². The summed E-state index contributed by atoms with van der Waals surface area (Å²) >= 11 is 0. The Labute approximate surface area is 185 Å². The van der Waals surface area contributed by atoms with E-state index in [1.807, 2.05) is 29.2 Å². The Morgan fingerprint density at radius 1 is 0.935 bits per heavy atom. The Balaban J connectivity index is 1.42. The molecule has 1 aliphatic rings. The number of carbonyl (C=O) groups excluding carboxylic acids is 2. The van der Waals surface area contributed by atoms with Gasteiger partial charge in [-0.3, -0.25) is 9.59 Å². The van der Waals surface area contributed by atoms with Gasteiger partial charge in [0.05, 0.1) is 13.2 Å². The van der Waals surface area contributed by atoms with Gasteiger partial charge in [-0.15, -0.1) is 0 Å². The first-order valence-corrected chi connectivity index (χ1v) is 11.2. The van der Waals surface area contributed by atoms with Crippen LogP contribution < -0.4 is 15.4 Å². The Hall–Kier alpha value is -3.02. The van der Waals surface area contributed by atoms with Crippen molar-refractivity contribution >= 4 is 23.2 Å². The lowest BCUT2D eigenvalue weighted by molar-refractivity contribution is -0.114. The highest BCUT2D eigenvalue weighted by atomic mass is 16.5. The zero-order valence-electron chi connectivity index (χ0n) is 18.5. The largest absolute Gasteiger partial charge is 0.494 e. The van der Waals surface area contributed by atoms with Gasteiger partial charge in [-0.1, -0.05) is 13.8 Å². The lowest BCUT2D eigenvalue weighted by Gasteiger charge is -2.26. The minimum Gasteiger partial charge on any atom is -0.494 e. The Bertz CT molecular complexity index is 841. The number of likely N-dealkylation sites (tertiary alicyclic amines) is 1. The van der Waals surface area contributed by atoms with E-state index in [0.29, 0.717) is 23.8 Å². The monoisotopic (exact) mass is 423 g/mol. The molecule has 2 aromatic carbocycles. The molecule has 0 radical (unpaired) electrons. The minimum atomic E-state index is -0.146. The maximum absolute atomic E-state index is 12.5. The molecule has 0 unspecified atom stereocenters. The molecule has 1 heterocycles. The van der Waals surface area contributed by atoms with E-state index in [9.17, 15) is 9.59 Å². The van der Waals surface area contributed by atoms with Crippen LogP contribution in [0.4, 0.5) is 11.4 Å². The van der Waals surface area contributed by atoms with Crippen LogP contribution in [-0.2, 0) is 4.79 Å². The fourth-order valence-electron chi connectivity index (χ4n) is 3.44. The second-order valence-corrected chi connectivity index (χ2v) is 8.39. The number of ether oxygens (including phenoxy) is 1. The number of benzene rings is 2. The number of nitrogens with one attached hydrogen (secondary N) is 2. The zero-order valence-corrected chi connectivity index (χ0v) is 18.5. The van der Waals surface area contributed by atoms with E-state index in [0.717, 1.165) is 43.8 Å². The minimum absolute atomic E-state index is 0.0656. The molecule has 0 aromatic heterocycles. The number of piperidine rings is 1. The van der Waals surface area contributed by atoms with Crippen LogP contribution in [-0.4, -0.2) is 43.0 Å². The molecule has 2 aromatic rings. The van der Waals surface area contributed by atoms with Crippen molar-refractivity contribution in [1.29, 1.82) is 0 Å². The molecule has 1 saturated heterocycles. The van der Waals surface area contributed by atoms with Crippen molar-refractivity contribution in [3.8, 4) is 5.75 Å². The van der Waals surface area contributed by atoms with Crippen molar-refractivity contribution in [3.63, 3.8) is 0 Å². The summed E-state index contributed by atoms with van der Waals surface area (Å²) in [6.07, 6.45) is 4.36. The third-order valence-corrected chi connectivity index (χ3v) is 5.33. The molecule has 0 saturated carbocycles. The number of hydrogen-bond donors (Lipinski definition) is 2. The van der Waals surface area contributed by atoms with E-state index >= 15 is 0 Å². The molecule has 2 N–H and O–H groups in total. The van der Waals surface area contributed by atoms with Crippen molar-refractivity contribution in [2.75, 3.05) is 36.9 Å². The fraction of sp³-hybridized carbons (Fsp3) is 0.440. The van der Waals surface area contributed by atoms with Gasteiger partial charge in [-0.2, -0.15) is 0 Å². The van der Waals surface area contributed by atoms with Crippen LogP contribution in [0.1, 0.15) is 49.9 Å². The van der Waals surface area contributed by atoms with Crippen LogP contribution >= 0.6 is 0 Å². The molecular formula is C25H33N3O3. The lowest BCUT2D eigenvalue weighted by atomic mass is 10.1. The maximum atomic E-state index is 12.5. The fourth-order valence-corrected chi connectivity index (χ4v) is 3.44. The molecule has 6 heteroatoms. The summed E-state index contributed by atoms with van der Waals surface area (Å²) in [7, 11) is 0. The highest BCUT2D eigenvalue weighted by Gasteiger charge is 2.18. The van der Waals surface area contributed by atoms with Crippen LogP contribution in [0.5, 0.6) is 5.75 Å². The normalized spacial score (nSPS) is 13.7. The Morgan fingerprint density at radius 3 is 2.23 bits per heavy atom. The number of rotatable bonds is 9. The predicted octanol–water partition coefficient (Wildman–Crippen LogP) is 4.79. The number of amides is 2. The van der Waals surface area contributed by atoms with E-state index in [1.54, 1.807) is 24.3 Å². The second-order valence-electron chi connectivity index (χ2n) is 8.39. The van der Waals surface area contributed by atoms with Gasteiger partial charge >= 0.3 is 0 Å². The summed E-state index contributed by atoms with van der Waals surface area (Å²) in [6, 6.07) is 14.7. The SMILES string of the molecule is CC(C)CCOc1ccc(NCC(=O)Nc2ccc(C(=O)N3CCCCC3)cc2)cc1. The molecule has 166 valence electrons. The first-order chi connectivity index (χ1) is 15.0. The van der Waals surface area contributed by atoms with Crippen molar-refractivity contribution in [2.24, 2.45) is 5.92 Å². The maximum Gasteiger partial charge on any atom is 0.253 e. The molecule has 0 spiro atoms. The van der Waals surface area contributed by atoms with Crippen LogP contribution in [0.15, 0.2) is 48.5 Å². The van der Waals surface area contributed by atoms with Gasteiger partial charge in [0.1, 0.15) is 5.75 Å². The van der Waals surface area contributed by atoms with Gasteiger partial charge in [0.2, 0.25) is 5.91 Å². The quantitative estimate of drug-likeness (QED) is 0.608. The van der Waals surface area contributed by atoms with Gasteiger partial charge in [-0.25, -0.2) is 0 Å². The van der Waals surface area contributed by atoms with Gasteiger partial charge in [-0.05, 0) is 80.1 Å². The van der Waals surface area contributed by atoms with Crippen molar-refractivity contribution in [1.82, 2.24) is 4.90 Å². The number of anilines is 2. The predicted molar refractivity (Wildman–Crippen MR) is 125 cm³/mol. The summed E-state index contributed by atoms with van der Waals surface area (Å²) in [4.78, 5) is 26.7. The highest BCUT2D eigenvalue weighted by molar-refractivity contribution is 5.96. The summed E-state index contributed by atoms with van der Waals surface area (Å²) < 4.78 is 5.71. The summed E-state index contributed by atoms with van der Waals surface area (Å²) in [6.45, 7) is 6.86. The number of hydrogen-bond acceptors (Lipinski definition) is 4. The molecule has 3 rings (SSSR count). The van der Waals surface area contributed by atoms with E-state index in [-0.39, 0.29) is 18.4 Å². The van der Waals surface area contributed by atoms with E-state index in [4.69, 9.17) is 4.74 Å². The average molecular weight is 424 g/mol. The van der Waals surface area contributed by atoms with Crippen molar-refractivity contribution < 1.29 is 14.3 Å². The van der Waals surface area contributed by atoms with Gasteiger partial charge < -0.3 is 20.3 Å². The second kappa shape index (κ2) is 11.4. The first kappa shape index (κ1) is 22.7. The summed E-state index contributed by atoms with van der Waals surface area (Å²) in [5.41, 5.74) is 2.19. The highest BCUT2D eigenvalue weighted by Crippen LogP contribution is 2.17. The van der Waals surface area contributed by atoms with Crippen molar-refractivity contribution in [2.45, 2.75) is 39.5 Å². The topological polar surface area (TPSA) is 70.7 Å². The van der Waals surface area contributed by atoms with Crippen LogP contribution in [0.25, 0.3) is 0 Å². The van der Waals surface area contributed by atoms with Gasteiger partial charge in [0, 0.05) is 30.0 Å². The standard InChI is InChI=1S/C25H33N3O3/c1-19(2)14-17-31-23-12-10-21(11-13-23)26-18-24(29)27-22-8-6-20(7-9-22)25(30)28-15-4-3-5-16-28/h6-13,19,26H,3-5,14-18H2,1-2H3,(H,27,29). The Morgan fingerprint density at radius 2 is 1.58 bits per heavy atom. The van der Waals surface area contributed by atoms with Gasteiger partial charge in [0.15, 0.2) is 0 Å². The number of carbonyl (C=O) groups is 2. The molecular weight excluding hydrogens is 390 g/mol. The van der Waals surface area contributed by atoms with Crippen LogP contribution in [0, 0.1) is 5.92 Å². The molecule has 31 heavy (non-hydrogen) atoms. The van der Waals surface area contributed by atoms with E-state index in [1.165, 1.54) is 6.42 Å². The number of nitrogens with zero attached hydrogens (tertiary/aromatic N) is 1. The Kier molecular flexibility index (Phi) is 8.33. The first-order valence-electron chi connectivity index (χ1n) is 11.2. The van der Waals surface area contributed by atoms with Crippen LogP contribution in [0.3, 0.4) is 0 Å². The summed E-state index contributed by atoms with van der Waals surface area (Å²) in [5.74, 6) is 1.36. The molecule has 1 fully saturated rings. The molecule has 0 aliphatic carbocycles. The molecule has 0 bridgehead atoms. The zero-order chi connectivity index (χ0) is 22.1. The summed E-state index contributed by atoms with van der Waals surface area (Å²) in [5, 5.41) is 5.97. The molecule has 2 amide bonds. The smallest absolute Gasteiger partial charge is 0.253 e. The third-order valence-electron chi connectivity index (χ3n) is 5.33. The van der Waals surface area contributed by atoms with Gasteiger partial charge in [0.25, 0.3) is 5.91 Å². The lowest BCUT2D eigenvalue weighted by Crippen LogP contribution is -2.35. The molecule has 6 nitrogen and oxygen atoms in total.